The number of pyridine rings is 1. The van der Waals surface area contributed by atoms with Gasteiger partial charge in [0.2, 0.25) is 0 Å². The van der Waals surface area contributed by atoms with E-state index in [1.54, 1.807) is 12.4 Å². The summed E-state index contributed by atoms with van der Waals surface area (Å²) in [6.07, 6.45) is 11.6. The van der Waals surface area contributed by atoms with Crippen molar-refractivity contribution < 1.29 is 4.79 Å². The molecule has 1 saturated carbocycles. The molecular formula is C26H28N6O. The molecule has 2 atom stereocenters. The van der Waals surface area contributed by atoms with E-state index in [4.69, 9.17) is 4.98 Å². The Kier molecular flexibility index (Phi) is 4.78. The van der Waals surface area contributed by atoms with E-state index in [1.165, 1.54) is 11.1 Å². The van der Waals surface area contributed by atoms with Crippen molar-refractivity contribution >= 4 is 16.9 Å². The zero-order valence-corrected chi connectivity index (χ0v) is 19.0. The largest absolute Gasteiger partial charge is 0.343 e. The van der Waals surface area contributed by atoms with Crippen molar-refractivity contribution in [3.05, 3.63) is 77.6 Å². The van der Waals surface area contributed by atoms with Gasteiger partial charge in [-0.3, -0.25) is 4.79 Å². The number of amides is 1. The lowest BCUT2D eigenvalue weighted by Gasteiger charge is -2.35. The smallest absolute Gasteiger partial charge is 0.252 e. The Morgan fingerprint density at radius 1 is 1.18 bits per heavy atom. The standard InChI is InChI=1S/C26H28N6O/c1-16(2)32-25-21(14-28-32)20(13-22(29-25)18-7-8-18)26(33)30-24-19-6-4-3-5-17(19)9-10-23(24)31-12-11-27-15-31/h3-6,11-16,18,23-24H,7-10H2,1-2H3,(H,30,33)/t23-,24-/m1/s1. The number of aromatic nitrogens is 5. The number of rotatable bonds is 5. The van der Waals surface area contributed by atoms with Gasteiger partial charge in [0.1, 0.15) is 0 Å². The van der Waals surface area contributed by atoms with Gasteiger partial charge < -0.3 is 9.88 Å². The molecule has 168 valence electrons. The Morgan fingerprint density at radius 2 is 2.03 bits per heavy atom. The molecule has 2 aliphatic rings. The maximum atomic E-state index is 13.8. The van der Waals surface area contributed by atoms with E-state index in [0.717, 1.165) is 42.4 Å². The molecule has 0 bridgehead atoms. The van der Waals surface area contributed by atoms with E-state index in [9.17, 15) is 4.79 Å². The highest BCUT2D eigenvalue weighted by atomic mass is 16.1. The first kappa shape index (κ1) is 20.1. The Bertz CT molecular complexity index is 1320. The van der Waals surface area contributed by atoms with E-state index >= 15 is 0 Å². The van der Waals surface area contributed by atoms with Crippen molar-refractivity contribution in [2.75, 3.05) is 0 Å². The molecule has 7 heteroatoms. The summed E-state index contributed by atoms with van der Waals surface area (Å²) in [6, 6.07) is 10.6. The second-order valence-corrected chi connectivity index (χ2v) is 9.55. The first-order chi connectivity index (χ1) is 16.1. The van der Waals surface area contributed by atoms with Gasteiger partial charge in [0.15, 0.2) is 5.65 Å². The number of nitrogens with one attached hydrogen (secondary N) is 1. The van der Waals surface area contributed by atoms with E-state index in [-0.39, 0.29) is 24.0 Å². The van der Waals surface area contributed by atoms with Gasteiger partial charge in [-0.15, -0.1) is 0 Å². The molecular weight excluding hydrogens is 412 g/mol. The molecule has 6 rings (SSSR count). The van der Waals surface area contributed by atoms with Crippen LogP contribution in [0, 0.1) is 0 Å². The number of nitrogens with zero attached hydrogens (tertiary/aromatic N) is 5. The summed E-state index contributed by atoms with van der Waals surface area (Å²) in [5.41, 5.74) is 4.95. The fourth-order valence-electron chi connectivity index (χ4n) is 5.11. The summed E-state index contributed by atoms with van der Waals surface area (Å²) in [5, 5.41) is 8.77. The third kappa shape index (κ3) is 3.52. The fraction of sp³-hybridized carbons (Fsp3) is 0.385. The van der Waals surface area contributed by atoms with Crippen LogP contribution >= 0.6 is 0 Å². The highest BCUT2D eigenvalue weighted by Gasteiger charge is 2.33. The van der Waals surface area contributed by atoms with Crippen LogP contribution in [-0.4, -0.2) is 30.2 Å². The number of hydrogen-bond acceptors (Lipinski definition) is 4. The Labute approximate surface area is 192 Å². The molecule has 0 spiro atoms. The Hall–Kier alpha value is -3.48. The van der Waals surface area contributed by atoms with E-state index in [1.807, 2.05) is 23.3 Å². The second-order valence-electron chi connectivity index (χ2n) is 9.55. The van der Waals surface area contributed by atoms with Crippen molar-refractivity contribution in [1.82, 2.24) is 29.6 Å². The van der Waals surface area contributed by atoms with Gasteiger partial charge in [0.05, 0.1) is 35.6 Å². The number of imidazole rings is 1. The number of aryl methyl sites for hydroxylation is 1. The van der Waals surface area contributed by atoms with Crippen molar-refractivity contribution in [3.8, 4) is 0 Å². The van der Waals surface area contributed by atoms with Crippen LogP contribution in [-0.2, 0) is 6.42 Å². The van der Waals surface area contributed by atoms with Crippen molar-refractivity contribution in [3.63, 3.8) is 0 Å². The SMILES string of the molecule is CC(C)n1ncc2c(C(=O)N[C@@H]3c4ccccc4CC[C@H]3n3ccnc3)cc(C3CC3)nc21. The molecule has 3 heterocycles. The van der Waals surface area contributed by atoms with E-state index < -0.39 is 0 Å². The number of benzene rings is 1. The Morgan fingerprint density at radius 3 is 2.79 bits per heavy atom. The lowest BCUT2D eigenvalue weighted by molar-refractivity contribution is 0.0919. The number of fused-ring (bicyclic) bond motifs is 2. The summed E-state index contributed by atoms with van der Waals surface area (Å²) in [4.78, 5) is 23.0. The van der Waals surface area contributed by atoms with Crippen molar-refractivity contribution in [2.45, 2.75) is 63.6 Å². The first-order valence-corrected chi connectivity index (χ1v) is 11.8. The predicted octanol–water partition coefficient (Wildman–Crippen LogP) is 4.74. The molecule has 33 heavy (non-hydrogen) atoms. The van der Waals surface area contributed by atoms with Gasteiger partial charge in [-0.2, -0.15) is 5.10 Å². The number of carbonyl (C=O) groups is 1. The minimum absolute atomic E-state index is 0.0700. The lowest BCUT2D eigenvalue weighted by Crippen LogP contribution is -2.37. The first-order valence-electron chi connectivity index (χ1n) is 11.8. The zero-order chi connectivity index (χ0) is 22.5. The predicted molar refractivity (Wildman–Crippen MR) is 126 cm³/mol. The monoisotopic (exact) mass is 440 g/mol. The quantitative estimate of drug-likeness (QED) is 0.486. The van der Waals surface area contributed by atoms with Gasteiger partial charge in [-0.25, -0.2) is 14.6 Å². The van der Waals surface area contributed by atoms with Crippen LogP contribution in [0.25, 0.3) is 11.0 Å². The summed E-state index contributed by atoms with van der Waals surface area (Å²) in [6.45, 7) is 4.18. The van der Waals surface area contributed by atoms with Crippen LogP contribution in [0.2, 0.25) is 0 Å². The molecule has 0 aliphatic heterocycles. The zero-order valence-electron chi connectivity index (χ0n) is 19.0. The Balaban J connectivity index is 1.42. The summed E-state index contributed by atoms with van der Waals surface area (Å²) in [5.74, 6) is 0.380. The van der Waals surface area contributed by atoms with Gasteiger partial charge in [0.25, 0.3) is 5.91 Å². The van der Waals surface area contributed by atoms with E-state index in [2.05, 4.69) is 58.1 Å². The maximum absolute atomic E-state index is 13.8. The van der Waals surface area contributed by atoms with Gasteiger partial charge in [-0.05, 0) is 56.7 Å². The van der Waals surface area contributed by atoms with Crippen LogP contribution in [0.5, 0.6) is 0 Å². The van der Waals surface area contributed by atoms with Crippen LogP contribution < -0.4 is 5.32 Å². The molecule has 1 N–H and O–H groups in total. The minimum atomic E-state index is -0.135. The topological polar surface area (TPSA) is 77.6 Å². The molecule has 3 aromatic heterocycles. The third-order valence-electron chi connectivity index (χ3n) is 6.99. The third-order valence-corrected chi connectivity index (χ3v) is 6.99. The summed E-state index contributed by atoms with van der Waals surface area (Å²) < 4.78 is 4.04. The second kappa shape index (κ2) is 7.83. The molecule has 1 fully saturated rings. The molecule has 1 amide bonds. The van der Waals surface area contributed by atoms with Gasteiger partial charge >= 0.3 is 0 Å². The van der Waals surface area contributed by atoms with E-state index in [0.29, 0.717) is 11.5 Å². The normalized spacial score (nSPS) is 20.2. The van der Waals surface area contributed by atoms with Crippen molar-refractivity contribution in [2.24, 2.45) is 0 Å². The molecule has 0 radical (unpaired) electrons. The van der Waals surface area contributed by atoms with Gasteiger partial charge in [0, 0.05) is 30.0 Å². The maximum Gasteiger partial charge on any atom is 0.252 e. The van der Waals surface area contributed by atoms with Crippen LogP contribution in [0.15, 0.2) is 55.2 Å². The average Bonchev–Trinajstić information content (AvgIpc) is 3.35. The molecule has 2 aliphatic carbocycles. The molecule has 0 saturated heterocycles. The average molecular weight is 441 g/mol. The van der Waals surface area contributed by atoms with Crippen LogP contribution in [0.4, 0.5) is 0 Å². The lowest BCUT2D eigenvalue weighted by atomic mass is 9.83. The molecule has 7 nitrogen and oxygen atoms in total. The summed E-state index contributed by atoms with van der Waals surface area (Å²) in [7, 11) is 0. The fourth-order valence-corrected chi connectivity index (χ4v) is 5.11. The van der Waals surface area contributed by atoms with Gasteiger partial charge in [-0.1, -0.05) is 24.3 Å². The minimum Gasteiger partial charge on any atom is -0.343 e. The highest BCUT2D eigenvalue weighted by Crippen LogP contribution is 2.41. The molecule has 0 unspecified atom stereocenters. The van der Waals surface area contributed by atoms with Crippen LogP contribution in [0.3, 0.4) is 0 Å². The number of hydrogen-bond donors (Lipinski definition) is 1. The summed E-state index contributed by atoms with van der Waals surface area (Å²) >= 11 is 0. The van der Waals surface area contributed by atoms with Crippen molar-refractivity contribution in [1.29, 1.82) is 0 Å². The molecule has 4 aromatic rings. The molecule has 1 aromatic carbocycles. The van der Waals surface area contributed by atoms with Crippen LogP contribution in [0.1, 0.15) is 84.3 Å². The number of carbonyl (C=O) groups excluding carboxylic acids is 1. The highest BCUT2D eigenvalue weighted by molar-refractivity contribution is 6.05.